The number of nitrogens with one attached hydrogen (secondary N) is 1. The maximum atomic E-state index is 12.7. The molecule has 5 nitrogen and oxygen atoms in total. The van der Waals surface area contributed by atoms with Gasteiger partial charge >= 0.3 is 7.12 Å². The van der Waals surface area contributed by atoms with Gasteiger partial charge in [-0.15, -0.1) is 0 Å². The zero-order valence-electron chi connectivity index (χ0n) is 15.3. The van der Waals surface area contributed by atoms with E-state index in [1.54, 1.807) is 6.07 Å². The Balaban J connectivity index is 1.77. The molecule has 2 heterocycles. The standard InChI is InChI=1S/C18H23BClNO4/c1-10-12(19-24-16(2,3)17(4,5)25-19)8-11-14(13(10)20)23-9-18(6-7-18)21-15(11)22/h8H,6-7,9H2,1-5H3,(H,21,22). The maximum absolute atomic E-state index is 12.7. The average Bonchev–Trinajstić information content (AvgIpc) is 3.23. The van der Waals surface area contributed by atoms with Crippen LogP contribution in [0.1, 0.15) is 56.5 Å². The zero-order chi connectivity index (χ0) is 18.2. The summed E-state index contributed by atoms with van der Waals surface area (Å²) in [6.45, 7) is 10.4. The van der Waals surface area contributed by atoms with Gasteiger partial charge in [-0.3, -0.25) is 4.79 Å². The number of carbonyl (C=O) groups is 1. The van der Waals surface area contributed by atoms with Crippen molar-refractivity contribution in [2.24, 2.45) is 0 Å². The topological polar surface area (TPSA) is 56.8 Å². The molecular formula is C18H23BClNO4. The van der Waals surface area contributed by atoms with Crippen molar-refractivity contribution in [2.75, 3.05) is 6.61 Å². The first-order chi connectivity index (χ1) is 11.6. The Morgan fingerprint density at radius 3 is 2.32 bits per heavy atom. The maximum Gasteiger partial charge on any atom is 0.495 e. The summed E-state index contributed by atoms with van der Waals surface area (Å²) < 4.78 is 18.2. The number of benzene rings is 1. The summed E-state index contributed by atoms with van der Waals surface area (Å²) >= 11 is 6.57. The molecule has 7 heteroatoms. The molecule has 3 aliphatic rings. The molecular weight excluding hydrogens is 340 g/mol. The third-order valence-electron chi connectivity index (χ3n) is 5.98. The predicted octanol–water partition coefficient (Wildman–Crippen LogP) is 2.60. The fourth-order valence-electron chi connectivity index (χ4n) is 3.24. The van der Waals surface area contributed by atoms with E-state index in [4.69, 9.17) is 25.6 Å². The van der Waals surface area contributed by atoms with E-state index in [1.165, 1.54) is 0 Å². The Kier molecular flexibility index (Phi) is 3.54. The van der Waals surface area contributed by atoms with Gasteiger partial charge in [0.05, 0.1) is 27.3 Å². The fraction of sp³-hybridized carbons (Fsp3) is 0.611. The summed E-state index contributed by atoms with van der Waals surface area (Å²) in [5, 5.41) is 3.53. The van der Waals surface area contributed by atoms with E-state index in [9.17, 15) is 4.79 Å². The number of carbonyl (C=O) groups excluding carboxylic acids is 1. The van der Waals surface area contributed by atoms with E-state index in [2.05, 4.69) is 5.32 Å². The van der Waals surface area contributed by atoms with Gasteiger partial charge in [0.1, 0.15) is 6.61 Å². The summed E-state index contributed by atoms with van der Waals surface area (Å²) in [6, 6.07) is 1.80. The number of hydrogen-bond acceptors (Lipinski definition) is 4. The molecule has 0 bridgehead atoms. The number of fused-ring (bicyclic) bond motifs is 1. The number of amides is 1. The molecule has 2 aliphatic heterocycles. The Morgan fingerprint density at radius 1 is 1.16 bits per heavy atom. The minimum absolute atomic E-state index is 0.148. The van der Waals surface area contributed by atoms with Crippen molar-refractivity contribution in [1.82, 2.24) is 5.32 Å². The Morgan fingerprint density at radius 2 is 1.76 bits per heavy atom. The van der Waals surface area contributed by atoms with E-state index in [-0.39, 0.29) is 11.4 Å². The lowest BCUT2D eigenvalue weighted by Gasteiger charge is -2.32. The molecule has 1 aromatic rings. The quantitative estimate of drug-likeness (QED) is 0.779. The lowest BCUT2D eigenvalue weighted by molar-refractivity contribution is 0.00578. The molecule has 0 aromatic heterocycles. The van der Waals surface area contributed by atoms with Crippen molar-refractivity contribution >= 4 is 30.1 Å². The molecule has 134 valence electrons. The molecule has 0 unspecified atom stereocenters. The van der Waals surface area contributed by atoms with E-state index < -0.39 is 18.3 Å². The Labute approximate surface area is 153 Å². The molecule has 0 atom stereocenters. The van der Waals surface area contributed by atoms with Gasteiger partial charge in [0.2, 0.25) is 0 Å². The molecule has 1 aliphatic carbocycles. The van der Waals surface area contributed by atoms with Crippen LogP contribution < -0.4 is 15.5 Å². The molecule has 0 radical (unpaired) electrons. The summed E-state index contributed by atoms with van der Waals surface area (Å²) in [6.07, 6.45) is 1.88. The molecule has 1 spiro atoms. The van der Waals surface area contributed by atoms with E-state index in [1.807, 2.05) is 34.6 Å². The third kappa shape index (κ3) is 2.57. The highest BCUT2D eigenvalue weighted by Crippen LogP contribution is 2.42. The number of hydrogen-bond donors (Lipinski definition) is 1. The van der Waals surface area contributed by atoms with Crippen LogP contribution in [-0.4, -0.2) is 36.4 Å². The number of ether oxygens (including phenoxy) is 1. The van der Waals surface area contributed by atoms with Gasteiger partial charge in [-0.1, -0.05) is 11.6 Å². The van der Waals surface area contributed by atoms with Crippen LogP contribution in [0.5, 0.6) is 5.75 Å². The largest absolute Gasteiger partial charge is 0.495 e. The van der Waals surface area contributed by atoms with Crippen molar-refractivity contribution in [2.45, 2.75) is 64.2 Å². The Hall–Kier alpha value is -1.24. The second-order valence-corrected chi connectivity index (χ2v) is 8.77. The molecule has 1 N–H and O–H groups in total. The van der Waals surface area contributed by atoms with Crippen LogP contribution in [-0.2, 0) is 9.31 Å². The van der Waals surface area contributed by atoms with Crippen LogP contribution >= 0.6 is 11.6 Å². The first-order valence-electron chi connectivity index (χ1n) is 8.69. The molecule has 1 amide bonds. The van der Waals surface area contributed by atoms with E-state index in [0.717, 1.165) is 23.9 Å². The third-order valence-corrected chi connectivity index (χ3v) is 6.44. The first-order valence-corrected chi connectivity index (χ1v) is 9.07. The monoisotopic (exact) mass is 363 g/mol. The van der Waals surface area contributed by atoms with Crippen LogP contribution in [0, 0.1) is 6.92 Å². The van der Waals surface area contributed by atoms with Crippen LogP contribution in [0.15, 0.2) is 6.07 Å². The van der Waals surface area contributed by atoms with Gasteiger partial charge in [-0.25, -0.2) is 0 Å². The van der Waals surface area contributed by atoms with Crippen LogP contribution in [0.2, 0.25) is 5.02 Å². The highest BCUT2D eigenvalue weighted by Gasteiger charge is 2.53. The summed E-state index contributed by atoms with van der Waals surface area (Å²) in [5.74, 6) is 0.311. The normalized spacial score (nSPS) is 25.2. The van der Waals surface area contributed by atoms with Gasteiger partial charge < -0.3 is 19.4 Å². The summed E-state index contributed by atoms with van der Waals surface area (Å²) in [7, 11) is -0.571. The average molecular weight is 364 g/mol. The first kappa shape index (κ1) is 17.2. The number of halogens is 1. The van der Waals surface area contributed by atoms with Crippen molar-refractivity contribution in [3.63, 3.8) is 0 Å². The van der Waals surface area contributed by atoms with Crippen molar-refractivity contribution in [1.29, 1.82) is 0 Å². The van der Waals surface area contributed by atoms with Crippen LogP contribution in [0.3, 0.4) is 0 Å². The molecule has 1 saturated heterocycles. The van der Waals surface area contributed by atoms with Crippen LogP contribution in [0.4, 0.5) is 0 Å². The van der Waals surface area contributed by atoms with Gasteiger partial charge in [0, 0.05) is 0 Å². The zero-order valence-corrected chi connectivity index (χ0v) is 16.0. The van der Waals surface area contributed by atoms with E-state index >= 15 is 0 Å². The summed E-state index contributed by atoms with van der Waals surface area (Å²) in [4.78, 5) is 12.7. The molecule has 4 rings (SSSR count). The highest BCUT2D eigenvalue weighted by molar-refractivity contribution is 6.63. The van der Waals surface area contributed by atoms with Gasteiger partial charge in [-0.2, -0.15) is 0 Å². The summed E-state index contributed by atoms with van der Waals surface area (Å²) in [5.41, 5.74) is 0.897. The fourth-order valence-corrected chi connectivity index (χ4v) is 3.51. The van der Waals surface area contributed by atoms with E-state index in [0.29, 0.717) is 22.9 Å². The molecule has 1 saturated carbocycles. The molecule has 1 aromatic carbocycles. The molecule has 2 fully saturated rings. The van der Waals surface area contributed by atoms with Gasteiger partial charge in [0.15, 0.2) is 5.75 Å². The van der Waals surface area contributed by atoms with Crippen LogP contribution in [0.25, 0.3) is 0 Å². The smallest absolute Gasteiger partial charge is 0.489 e. The van der Waals surface area contributed by atoms with Crippen molar-refractivity contribution in [3.8, 4) is 5.75 Å². The van der Waals surface area contributed by atoms with Crippen molar-refractivity contribution < 1.29 is 18.8 Å². The lowest BCUT2D eigenvalue weighted by Crippen LogP contribution is -2.41. The van der Waals surface area contributed by atoms with Crippen molar-refractivity contribution in [3.05, 3.63) is 22.2 Å². The highest BCUT2D eigenvalue weighted by atomic mass is 35.5. The van der Waals surface area contributed by atoms with Gasteiger partial charge in [-0.05, 0) is 64.6 Å². The molecule has 25 heavy (non-hydrogen) atoms. The lowest BCUT2D eigenvalue weighted by atomic mass is 9.75. The number of rotatable bonds is 1. The predicted molar refractivity (Wildman–Crippen MR) is 96.8 cm³/mol. The minimum atomic E-state index is -0.571. The minimum Gasteiger partial charge on any atom is -0.489 e. The van der Waals surface area contributed by atoms with Gasteiger partial charge in [0.25, 0.3) is 5.91 Å². The second-order valence-electron chi connectivity index (χ2n) is 8.39. The Bertz CT molecular complexity index is 757. The SMILES string of the molecule is Cc1c(B2OC(C)(C)C(C)(C)O2)cc2c(c1Cl)OCC1(CC1)NC2=O. The second kappa shape index (κ2) is 5.15.